The predicted molar refractivity (Wildman–Crippen MR) is 109 cm³/mol. The first-order chi connectivity index (χ1) is 14.3. The summed E-state index contributed by atoms with van der Waals surface area (Å²) in [5, 5.41) is 8.45. The molecule has 1 amide bonds. The number of hydrogen-bond acceptors (Lipinski definition) is 6. The summed E-state index contributed by atoms with van der Waals surface area (Å²) in [5.41, 5.74) is 1.37. The molecule has 0 unspecified atom stereocenters. The third kappa shape index (κ3) is 3.31. The van der Waals surface area contributed by atoms with Gasteiger partial charge in [-0.25, -0.2) is 14.6 Å². The summed E-state index contributed by atoms with van der Waals surface area (Å²) in [6.45, 7) is 1.72. The average molecular weight is 388 g/mol. The lowest BCUT2D eigenvalue weighted by Gasteiger charge is -2.33. The fourth-order valence-electron chi connectivity index (χ4n) is 3.82. The van der Waals surface area contributed by atoms with E-state index in [1.807, 2.05) is 23.0 Å². The van der Waals surface area contributed by atoms with E-state index in [-0.39, 0.29) is 11.9 Å². The lowest BCUT2D eigenvalue weighted by Crippen LogP contribution is -2.36. The largest absolute Gasteiger partial charge is 0.356 e. The maximum atomic E-state index is 12.5. The van der Waals surface area contributed by atoms with Gasteiger partial charge in [0.2, 0.25) is 0 Å². The molecule has 0 saturated carbocycles. The van der Waals surface area contributed by atoms with Crippen LogP contribution in [-0.4, -0.2) is 48.7 Å². The van der Waals surface area contributed by atoms with Crippen LogP contribution in [0.15, 0.2) is 55.4 Å². The number of aromatic amines is 1. The molecule has 9 nitrogen and oxygen atoms in total. The summed E-state index contributed by atoms with van der Waals surface area (Å²) in [6, 6.07) is 7.54. The van der Waals surface area contributed by atoms with E-state index in [0.717, 1.165) is 42.8 Å². The molecule has 1 aliphatic heterocycles. The molecule has 5 heterocycles. The molecule has 9 heteroatoms. The number of carbonyl (C=O) groups excluding carboxylic acids is 1. The van der Waals surface area contributed by atoms with E-state index in [1.54, 1.807) is 37.1 Å². The Morgan fingerprint density at radius 1 is 1.14 bits per heavy atom. The fourth-order valence-corrected chi connectivity index (χ4v) is 3.82. The van der Waals surface area contributed by atoms with Gasteiger partial charge < -0.3 is 15.2 Å². The van der Waals surface area contributed by atoms with Crippen LogP contribution in [0.25, 0.3) is 11.0 Å². The Hall–Kier alpha value is -3.75. The summed E-state index contributed by atoms with van der Waals surface area (Å²) in [6.07, 6.45) is 10.2. The highest BCUT2D eigenvalue weighted by molar-refractivity contribution is 6.03. The molecule has 4 aromatic rings. The van der Waals surface area contributed by atoms with Crippen molar-refractivity contribution < 1.29 is 4.79 Å². The lowest BCUT2D eigenvalue weighted by atomic mass is 10.0. The molecule has 2 N–H and O–H groups in total. The number of carbonyl (C=O) groups is 1. The van der Waals surface area contributed by atoms with Crippen molar-refractivity contribution in [1.29, 1.82) is 0 Å². The summed E-state index contributed by atoms with van der Waals surface area (Å²) in [5.74, 6) is 1.47. The van der Waals surface area contributed by atoms with Crippen LogP contribution in [-0.2, 0) is 0 Å². The molecule has 0 bridgehead atoms. The molecule has 0 spiro atoms. The normalized spacial score (nSPS) is 15.0. The number of piperidine rings is 1. The van der Waals surface area contributed by atoms with Gasteiger partial charge in [0.15, 0.2) is 0 Å². The topological polar surface area (TPSA) is 105 Å². The van der Waals surface area contributed by atoms with Crippen molar-refractivity contribution in [3.05, 3.63) is 60.9 Å². The van der Waals surface area contributed by atoms with Gasteiger partial charge in [-0.15, -0.1) is 0 Å². The van der Waals surface area contributed by atoms with Crippen LogP contribution < -0.4 is 10.2 Å². The number of aromatic nitrogens is 6. The van der Waals surface area contributed by atoms with Crippen molar-refractivity contribution in [2.24, 2.45) is 0 Å². The third-order valence-electron chi connectivity index (χ3n) is 5.28. The van der Waals surface area contributed by atoms with Crippen LogP contribution in [0.1, 0.15) is 29.2 Å². The zero-order chi connectivity index (χ0) is 19.6. The summed E-state index contributed by atoms with van der Waals surface area (Å²) in [4.78, 5) is 30.6. The molecule has 0 atom stereocenters. The Bertz CT molecular complexity index is 1130. The maximum absolute atomic E-state index is 12.5. The molecule has 0 aromatic carbocycles. The number of H-pyrrole nitrogens is 1. The second-order valence-corrected chi connectivity index (χ2v) is 7.01. The highest BCUT2D eigenvalue weighted by atomic mass is 16.1. The lowest BCUT2D eigenvalue weighted by molar-refractivity contribution is 0.102. The van der Waals surface area contributed by atoms with Crippen LogP contribution in [0, 0.1) is 0 Å². The quantitative estimate of drug-likeness (QED) is 0.557. The highest BCUT2D eigenvalue weighted by Gasteiger charge is 2.25. The number of rotatable bonds is 4. The van der Waals surface area contributed by atoms with Crippen LogP contribution in [0.2, 0.25) is 0 Å². The first kappa shape index (κ1) is 17.4. The third-order valence-corrected chi connectivity index (χ3v) is 5.28. The van der Waals surface area contributed by atoms with Gasteiger partial charge in [-0.05, 0) is 31.0 Å². The predicted octanol–water partition coefficient (Wildman–Crippen LogP) is 2.64. The monoisotopic (exact) mass is 388 g/mol. The van der Waals surface area contributed by atoms with Crippen LogP contribution in [0.4, 0.5) is 11.6 Å². The minimum absolute atomic E-state index is 0.187. The van der Waals surface area contributed by atoms with Gasteiger partial charge in [-0.1, -0.05) is 0 Å². The molecule has 4 aromatic heterocycles. The van der Waals surface area contributed by atoms with E-state index in [4.69, 9.17) is 0 Å². The Labute approximate surface area is 166 Å². The number of pyridine rings is 1. The second-order valence-electron chi connectivity index (χ2n) is 7.01. The summed E-state index contributed by atoms with van der Waals surface area (Å²) in [7, 11) is 0. The molecule has 0 radical (unpaired) electrons. The Balaban J connectivity index is 1.29. The van der Waals surface area contributed by atoms with E-state index in [2.05, 4.69) is 35.3 Å². The van der Waals surface area contributed by atoms with E-state index >= 15 is 0 Å². The minimum atomic E-state index is -0.187. The average Bonchev–Trinajstić information content (AvgIpc) is 3.44. The van der Waals surface area contributed by atoms with Crippen molar-refractivity contribution >= 4 is 28.6 Å². The van der Waals surface area contributed by atoms with Crippen molar-refractivity contribution in [1.82, 2.24) is 29.7 Å². The van der Waals surface area contributed by atoms with Gasteiger partial charge in [-0.3, -0.25) is 9.78 Å². The first-order valence-corrected chi connectivity index (χ1v) is 9.57. The number of nitrogens with one attached hydrogen (secondary N) is 2. The van der Waals surface area contributed by atoms with Crippen LogP contribution >= 0.6 is 0 Å². The molecular formula is C20H20N8O. The second kappa shape index (κ2) is 7.34. The molecule has 1 aliphatic rings. The number of nitrogens with zero attached hydrogens (tertiary/aromatic N) is 6. The smallest absolute Gasteiger partial charge is 0.258 e. The number of hydrogen-bond donors (Lipinski definition) is 2. The number of anilines is 2. The van der Waals surface area contributed by atoms with E-state index in [0.29, 0.717) is 11.4 Å². The SMILES string of the molecule is O=C(Nc1ccnn1C1CCN(c2ncnc3[nH]ccc23)CC1)c1cccnc1. The van der Waals surface area contributed by atoms with E-state index < -0.39 is 0 Å². The number of fused-ring (bicyclic) bond motifs is 1. The van der Waals surface area contributed by atoms with Gasteiger partial charge in [0.25, 0.3) is 5.91 Å². The fraction of sp³-hybridized carbons (Fsp3) is 0.250. The summed E-state index contributed by atoms with van der Waals surface area (Å²) < 4.78 is 1.91. The van der Waals surface area contributed by atoms with Crippen molar-refractivity contribution in [3.63, 3.8) is 0 Å². The zero-order valence-electron chi connectivity index (χ0n) is 15.7. The van der Waals surface area contributed by atoms with E-state index in [1.165, 1.54) is 0 Å². The molecule has 146 valence electrons. The van der Waals surface area contributed by atoms with Gasteiger partial charge in [-0.2, -0.15) is 5.10 Å². The van der Waals surface area contributed by atoms with Gasteiger partial charge >= 0.3 is 0 Å². The van der Waals surface area contributed by atoms with Gasteiger partial charge in [0.1, 0.15) is 23.6 Å². The first-order valence-electron chi connectivity index (χ1n) is 9.57. The minimum Gasteiger partial charge on any atom is -0.356 e. The van der Waals surface area contributed by atoms with Gasteiger partial charge in [0, 0.05) is 37.7 Å². The Morgan fingerprint density at radius 2 is 2.03 bits per heavy atom. The van der Waals surface area contributed by atoms with Crippen molar-refractivity contribution in [2.45, 2.75) is 18.9 Å². The van der Waals surface area contributed by atoms with E-state index in [9.17, 15) is 4.79 Å². The number of amides is 1. The molecule has 0 aliphatic carbocycles. The molecular weight excluding hydrogens is 368 g/mol. The van der Waals surface area contributed by atoms with Gasteiger partial charge in [0.05, 0.1) is 23.2 Å². The molecule has 5 rings (SSSR count). The molecule has 1 saturated heterocycles. The van der Waals surface area contributed by atoms with Crippen LogP contribution in [0.5, 0.6) is 0 Å². The van der Waals surface area contributed by atoms with Crippen LogP contribution in [0.3, 0.4) is 0 Å². The Kier molecular flexibility index (Phi) is 4.39. The highest BCUT2D eigenvalue weighted by Crippen LogP contribution is 2.30. The maximum Gasteiger partial charge on any atom is 0.258 e. The Morgan fingerprint density at radius 3 is 2.86 bits per heavy atom. The molecule has 1 fully saturated rings. The standard InChI is InChI=1S/C20H20N8O/c29-20(14-2-1-7-21-12-14)26-17-4-9-25-28(17)15-5-10-27(11-6-15)19-16-3-8-22-18(16)23-13-24-19/h1-4,7-9,12-13,15H,5-6,10-11H2,(H,26,29)(H,22,23,24). The zero-order valence-corrected chi connectivity index (χ0v) is 15.7. The van der Waals surface area contributed by atoms with Crippen molar-refractivity contribution in [2.75, 3.05) is 23.3 Å². The molecule has 29 heavy (non-hydrogen) atoms. The van der Waals surface area contributed by atoms with Crippen molar-refractivity contribution in [3.8, 4) is 0 Å². The summed E-state index contributed by atoms with van der Waals surface area (Å²) >= 11 is 0.